The van der Waals surface area contributed by atoms with Crippen molar-refractivity contribution in [3.05, 3.63) is 59.2 Å². The molecule has 2 fully saturated rings. The monoisotopic (exact) mass is 588 g/mol. The van der Waals surface area contributed by atoms with Crippen molar-refractivity contribution in [2.45, 2.75) is 76.4 Å². The normalized spacial score (nSPS) is 20.1. The first-order chi connectivity index (χ1) is 19.7. The van der Waals surface area contributed by atoms with Crippen molar-refractivity contribution in [3.63, 3.8) is 0 Å². The van der Waals surface area contributed by atoms with E-state index in [0.29, 0.717) is 42.4 Å². The predicted octanol–water partition coefficient (Wildman–Crippen LogP) is 6.40. The third-order valence-electron chi connectivity index (χ3n) is 8.24. The zero-order chi connectivity index (χ0) is 29.4. The van der Waals surface area contributed by atoms with Gasteiger partial charge in [-0.2, -0.15) is 11.8 Å². The van der Waals surface area contributed by atoms with Crippen LogP contribution < -0.4 is 5.32 Å². The van der Waals surface area contributed by atoms with Crippen molar-refractivity contribution in [2.75, 3.05) is 31.8 Å². The molecule has 2 unspecified atom stereocenters. The Labute approximate surface area is 246 Å². The molecule has 2 aromatic rings. The number of aryl methyl sites for hydroxylation is 1. The van der Waals surface area contributed by atoms with Crippen LogP contribution in [0.3, 0.4) is 0 Å². The SMILES string of the molecule is CSCCC(NC(=O)c1ccc(CN2CC(F)(F)CC2COCC2CCCCC2)cc1-c1ccccc1C)C(=O)O. The van der Waals surface area contributed by atoms with Gasteiger partial charge in [-0.3, -0.25) is 9.69 Å². The summed E-state index contributed by atoms with van der Waals surface area (Å²) in [5.41, 5.74) is 3.62. The lowest BCUT2D eigenvalue weighted by molar-refractivity contribution is -0.139. The summed E-state index contributed by atoms with van der Waals surface area (Å²) in [6.07, 6.45) is 7.97. The van der Waals surface area contributed by atoms with Crippen LogP contribution in [-0.4, -0.2) is 71.7 Å². The molecule has 1 amide bonds. The summed E-state index contributed by atoms with van der Waals surface area (Å²) >= 11 is 1.52. The third kappa shape index (κ3) is 8.75. The van der Waals surface area contributed by atoms with Gasteiger partial charge in [0.25, 0.3) is 11.8 Å². The Morgan fingerprint density at radius 3 is 2.59 bits per heavy atom. The molecule has 1 aliphatic heterocycles. The van der Waals surface area contributed by atoms with Crippen molar-refractivity contribution in [3.8, 4) is 11.1 Å². The predicted molar refractivity (Wildman–Crippen MR) is 160 cm³/mol. The molecule has 1 saturated heterocycles. The minimum atomic E-state index is -2.78. The summed E-state index contributed by atoms with van der Waals surface area (Å²) < 4.78 is 35.1. The Morgan fingerprint density at radius 1 is 1.12 bits per heavy atom. The van der Waals surface area contributed by atoms with Crippen molar-refractivity contribution in [1.82, 2.24) is 10.2 Å². The van der Waals surface area contributed by atoms with E-state index in [2.05, 4.69) is 5.32 Å². The van der Waals surface area contributed by atoms with Crippen LogP contribution >= 0.6 is 11.8 Å². The van der Waals surface area contributed by atoms with Crippen LogP contribution in [0.5, 0.6) is 0 Å². The molecule has 2 atom stereocenters. The number of ether oxygens (including phenoxy) is 1. The first-order valence-electron chi connectivity index (χ1n) is 14.6. The average Bonchev–Trinajstić information content (AvgIpc) is 3.24. The topological polar surface area (TPSA) is 78.9 Å². The smallest absolute Gasteiger partial charge is 0.326 e. The van der Waals surface area contributed by atoms with Crippen LogP contribution in [0.1, 0.15) is 66.4 Å². The number of nitrogens with zero attached hydrogens (tertiary/aromatic N) is 1. The number of hydrogen-bond donors (Lipinski definition) is 2. The molecule has 0 aromatic heterocycles. The van der Waals surface area contributed by atoms with E-state index in [1.165, 1.54) is 31.0 Å². The van der Waals surface area contributed by atoms with Crippen LogP contribution in [0.15, 0.2) is 42.5 Å². The number of nitrogens with one attached hydrogen (secondary N) is 1. The first kappa shape index (κ1) is 31.4. The molecule has 0 bridgehead atoms. The lowest BCUT2D eigenvalue weighted by Gasteiger charge is -2.26. The Balaban J connectivity index is 1.54. The molecular formula is C32H42F2N2O4S. The second-order valence-electron chi connectivity index (χ2n) is 11.5. The van der Waals surface area contributed by atoms with E-state index in [1.807, 2.05) is 43.5 Å². The zero-order valence-corrected chi connectivity index (χ0v) is 24.9. The fraction of sp³-hybridized carbons (Fsp3) is 0.562. The highest BCUT2D eigenvalue weighted by molar-refractivity contribution is 7.98. The number of rotatable bonds is 13. The molecule has 2 N–H and O–H groups in total. The van der Waals surface area contributed by atoms with Gasteiger partial charge in [-0.25, -0.2) is 13.6 Å². The molecular weight excluding hydrogens is 546 g/mol. The number of hydrogen-bond acceptors (Lipinski definition) is 5. The summed E-state index contributed by atoms with van der Waals surface area (Å²) in [5, 5.41) is 12.3. The number of alkyl halides is 2. The molecule has 0 radical (unpaired) electrons. The fourth-order valence-electron chi connectivity index (χ4n) is 5.99. The number of carbonyl (C=O) groups excluding carboxylic acids is 1. The van der Waals surface area contributed by atoms with Gasteiger partial charge in [-0.1, -0.05) is 49.6 Å². The van der Waals surface area contributed by atoms with E-state index in [-0.39, 0.29) is 25.6 Å². The molecule has 1 heterocycles. The molecule has 9 heteroatoms. The van der Waals surface area contributed by atoms with E-state index in [4.69, 9.17) is 4.74 Å². The number of carbonyl (C=O) groups is 2. The Kier molecular flexibility index (Phi) is 11.2. The van der Waals surface area contributed by atoms with E-state index < -0.39 is 23.8 Å². The summed E-state index contributed by atoms with van der Waals surface area (Å²) in [4.78, 5) is 26.9. The van der Waals surface area contributed by atoms with Gasteiger partial charge in [0.1, 0.15) is 6.04 Å². The lowest BCUT2D eigenvalue weighted by Crippen LogP contribution is -2.41. The van der Waals surface area contributed by atoms with Crippen molar-refractivity contribution >= 4 is 23.6 Å². The second kappa shape index (κ2) is 14.6. The van der Waals surface area contributed by atoms with E-state index in [1.54, 1.807) is 17.0 Å². The molecule has 0 spiro atoms. The number of aliphatic carboxylic acids is 1. The summed E-state index contributed by atoms with van der Waals surface area (Å²) in [6.45, 7) is 2.83. The fourth-order valence-corrected chi connectivity index (χ4v) is 6.46. The average molecular weight is 589 g/mol. The lowest BCUT2D eigenvalue weighted by atomic mass is 9.90. The third-order valence-corrected chi connectivity index (χ3v) is 8.88. The molecule has 41 heavy (non-hydrogen) atoms. The van der Waals surface area contributed by atoms with Crippen LogP contribution in [0.25, 0.3) is 11.1 Å². The van der Waals surface area contributed by atoms with E-state index in [0.717, 1.165) is 29.5 Å². The number of amides is 1. The van der Waals surface area contributed by atoms with Gasteiger partial charge in [0.2, 0.25) is 0 Å². The van der Waals surface area contributed by atoms with Crippen molar-refractivity contribution < 1.29 is 28.2 Å². The van der Waals surface area contributed by atoms with Gasteiger partial charge < -0.3 is 15.2 Å². The van der Waals surface area contributed by atoms with Gasteiger partial charge in [0.05, 0.1) is 13.2 Å². The maximum absolute atomic E-state index is 14.6. The van der Waals surface area contributed by atoms with Gasteiger partial charge >= 0.3 is 5.97 Å². The highest BCUT2D eigenvalue weighted by Crippen LogP contribution is 2.35. The Hall–Kier alpha value is -2.49. The number of thioether (sulfide) groups is 1. The van der Waals surface area contributed by atoms with Gasteiger partial charge in [-0.05, 0) is 78.5 Å². The van der Waals surface area contributed by atoms with Crippen LogP contribution in [-0.2, 0) is 16.1 Å². The van der Waals surface area contributed by atoms with Crippen LogP contribution in [0.4, 0.5) is 8.78 Å². The molecule has 224 valence electrons. The Bertz CT molecular complexity index is 1190. The highest BCUT2D eigenvalue weighted by Gasteiger charge is 2.45. The second-order valence-corrected chi connectivity index (χ2v) is 12.5. The van der Waals surface area contributed by atoms with Gasteiger partial charge in [0.15, 0.2) is 0 Å². The van der Waals surface area contributed by atoms with E-state index in [9.17, 15) is 23.5 Å². The largest absolute Gasteiger partial charge is 0.480 e. The molecule has 4 rings (SSSR count). The minimum Gasteiger partial charge on any atom is -0.480 e. The van der Waals surface area contributed by atoms with Crippen LogP contribution in [0.2, 0.25) is 0 Å². The van der Waals surface area contributed by atoms with Crippen molar-refractivity contribution in [2.24, 2.45) is 5.92 Å². The zero-order valence-electron chi connectivity index (χ0n) is 24.0. The maximum atomic E-state index is 14.6. The van der Waals surface area contributed by atoms with E-state index >= 15 is 0 Å². The number of likely N-dealkylation sites (tertiary alicyclic amines) is 1. The number of benzene rings is 2. The Morgan fingerprint density at radius 2 is 1.88 bits per heavy atom. The molecule has 6 nitrogen and oxygen atoms in total. The minimum absolute atomic E-state index is 0.227. The quantitative estimate of drug-likeness (QED) is 0.282. The number of halogens is 2. The molecule has 1 aliphatic carbocycles. The summed E-state index contributed by atoms with van der Waals surface area (Å²) in [6, 6.07) is 11.6. The summed E-state index contributed by atoms with van der Waals surface area (Å²) in [5.74, 6) is -3.19. The molecule has 1 saturated carbocycles. The van der Waals surface area contributed by atoms with Crippen LogP contribution in [0, 0.1) is 12.8 Å². The first-order valence-corrected chi connectivity index (χ1v) is 16.0. The number of carboxylic acid groups (broad SMARTS) is 1. The van der Waals surface area contributed by atoms with Gasteiger partial charge in [0, 0.05) is 31.2 Å². The van der Waals surface area contributed by atoms with Crippen molar-refractivity contribution in [1.29, 1.82) is 0 Å². The molecule has 2 aromatic carbocycles. The molecule has 2 aliphatic rings. The maximum Gasteiger partial charge on any atom is 0.326 e. The summed E-state index contributed by atoms with van der Waals surface area (Å²) in [7, 11) is 0. The highest BCUT2D eigenvalue weighted by atomic mass is 32.2. The van der Waals surface area contributed by atoms with Gasteiger partial charge in [-0.15, -0.1) is 0 Å². The number of carboxylic acids is 1. The standard InChI is InChI=1S/C32H42F2N2O4S/c1-22-8-6-7-11-26(22)28-16-24(12-13-27(28)30(37)35-29(31(38)39)14-15-41-2)18-36-21-32(33,34)17-25(36)20-40-19-23-9-4-3-5-10-23/h6-8,11-13,16,23,25,29H,3-5,9-10,14-15,17-21H2,1-2H3,(H,35,37)(H,38,39).